The van der Waals surface area contributed by atoms with Gasteiger partial charge in [-0.15, -0.1) is 0 Å². The number of nitrogens with one attached hydrogen (secondary N) is 1. The summed E-state index contributed by atoms with van der Waals surface area (Å²) in [7, 11) is 1.47. The number of rotatable bonds is 7. The molecule has 4 rings (SSSR count). The zero-order valence-corrected chi connectivity index (χ0v) is 20.6. The van der Waals surface area contributed by atoms with Crippen molar-refractivity contribution in [1.29, 1.82) is 0 Å². The summed E-state index contributed by atoms with van der Waals surface area (Å²) in [4.78, 5) is 40.8. The fraction of sp³-hybridized carbons (Fsp3) is 0.240. The van der Waals surface area contributed by atoms with Crippen LogP contribution >= 0.6 is 15.9 Å². The molecule has 2 aliphatic rings. The van der Waals surface area contributed by atoms with Crippen molar-refractivity contribution in [2.45, 2.75) is 12.3 Å². The number of amides is 1. The summed E-state index contributed by atoms with van der Waals surface area (Å²) in [6.07, 6.45) is 0. The first kappa shape index (κ1) is 24.5. The van der Waals surface area contributed by atoms with E-state index in [1.807, 2.05) is 0 Å². The van der Waals surface area contributed by atoms with Crippen LogP contribution in [0.3, 0.4) is 0 Å². The summed E-state index contributed by atoms with van der Waals surface area (Å²) in [6.45, 7) is 1.68. The van der Waals surface area contributed by atoms with Crippen LogP contribution in [-0.4, -0.2) is 44.8 Å². The molecule has 10 heteroatoms. The third kappa shape index (κ3) is 4.08. The topological polar surface area (TPSA) is 126 Å². The van der Waals surface area contributed by atoms with Crippen LogP contribution in [0.25, 0.3) is 5.76 Å². The fourth-order valence-electron chi connectivity index (χ4n) is 4.25. The van der Waals surface area contributed by atoms with Gasteiger partial charge in [0.05, 0.1) is 13.2 Å². The Morgan fingerprint density at radius 1 is 1.06 bits per heavy atom. The van der Waals surface area contributed by atoms with Gasteiger partial charge in [0.15, 0.2) is 0 Å². The van der Waals surface area contributed by atoms with Crippen LogP contribution in [0.15, 0.2) is 70.0 Å². The zero-order valence-electron chi connectivity index (χ0n) is 19.1. The number of esters is 2. The highest BCUT2D eigenvalue weighted by Crippen LogP contribution is 2.54. The highest BCUT2D eigenvalue weighted by Gasteiger charge is 2.62. The number of carbonyl (C=O) groups is 3. The molecule has 1 unspecified atom stereocenters. The van der Waals surface area contributed by atoms with Gasteiger partial charge in [0.25, 0.3) is 0 Å². The van der Waals surface area contributed by atoms with Crippen molar-refractivity contribution in [3.8, 4) is 0 Å². The molecule has 3 N–H and O–H groups in total. The van der Waals surface area contributed by atoms with E-state index in [4.69, 9.17) is 24.7 Å². The first-order valence-corrected chi connectivity index (χ1v) is 11.6. The summed E-state index contributed by atoms with van der Waals surface area (Å²) in [5, 5.41) is 2.78. The molecular formula is C25H23BrN2O7. The van der Waals surface area contributed by atoms with Gasteiger partial charge in [-0.1, -0.05) is 46.3 Å². The van der Waals surface area contributed by atoms with E-state index in [0.29, 0.717) is 21.3 Å². The molecule has 35 heavy (non-hydrogen) atoms. The van der Waals surface area contributed by atoms with E-state index in [2.05, 4.69) is 21.2 Å². The molecule has 0 saturated carbocycles. The third-order valence-corrected chi connectivity index (χ3v) is 6.14. The molecule has 2 heterocycles. The van der Waals surface area contributed by atoms with Gasteiger partial charge < -0.3 is 30.0 Å². The molecule has 2 aromatic carbocycles. The summed E-state index contributed by atoms with van der Waals surface area (Å²) in [5.74, 6) is -2.76. The van der Waals surface area contributed by atoms with Crippen molar-refractivity contribution in [2.75, 3.05) is 32.2 Å². The van der Waals surface area contributed by atoms with E-state index in [0.717, 1.165) is 0 Å². The maximum absolute atomic E-state index is 13.9. The molecule has 0 fully saturated rings. The number of carbonyl (C=O) groups excluding carboxylic acids is 3. The average molecular weight is 543 g/mol. The SMILES string of the molecule is CCOC(=O)C1=C(N)OC(c2ccccc2)=C(C(=O)OCCOC)C12C(=O)Nc1ccc(Br)cc12. The normalized spacial score (nSPS) is 18.8. The molecule has 2 aromatic rings. The lowest BCUT2D eigenvalue weighted by Gasteiger charge is -2.36. The predicted octanol–water partition coefficient (Wildman–Crippen LogP) is 3.00. The van der Waals surface area contributed by atoms with E-state index in [1.54, 1.807) is 55.5 Å². The van der Waals surface area contributed by atoms with Gasteiger partial charge in [0.2, 0.25) is 11.8 Å². The number of benzene rings is 2. The molecule has 1 amide bonds. The van der Waals surface area contributed by atoms with Gasteiger partial charge in [-0.3, -0.25) is 4.79 Å². The zero-order chi connectivity index (χ0) is 25.2. The highest BCUT2D eigenvalue weighted by atomic mass is 79.9. The number of fused-ring (bicyclic) bond motifs is 2. The van der Waals surface area contributed by atoms with Crippen molar-refractivity contribution in [3.05, 3.63) is 81.2 Å². The second kappa shape index (κ2) is 9.93. The smallest absolute Gasteiger partial charge is 0.341 e. The van der Waals surface area contributed by atoms with E-state index in [1.165, 1.54) is 7.11 Å². The van der Waals surface area contributed by atoms with E-state index < -0.39 is 23.3 Å². The van der Waals surface area contributed by atoms with E-state index >= 15 is 0 Å². The van der Waals surface area contributed by atoms with E-state index in [9.17, 15) is 14.4 Å². The minimum Gasteiger partial charge on any atom is -0.462 e. The lowest BCUT2D eigenvalue weighted by atomic mass is 9.67. The molecule has 0 aliphatic carbocycles. The van der Waals surface area contributed by atoms with Gasteiger partial charge in [-0.05, 0) is 25.1 Å². The van der Waals surface area contributed by atoms with Crippen molar-refractivity contribution in [3.63, 3.8) is 0 Å². The van der Waals surface area contributed by atoms with Gasteiger partial charge in [0.1, 0.15) is 28.9 Å². The van der Waals surface area contributed by atoms with Crippen LogP contribution < -0.4 is 11.1 Å². The number of hydrogen-bond acceptors (Lipinski definition) is 8. The number of methoxy groups -OCH3 is 1. The summed E-state index contributed by atoms with van der Waals surface area (Å²) < 4.78 is 22.2. The lowest BCUT2D eigenvalue weighted by Crippen LogP contribution is -2.48. The van der Waals surface area contributed by atoms with E-state index in [-0.39, 0.29) is 42.6 Å². The van der Waals surface area contributed by atoms with Gasteiger partial charge in [0, 0.05) is 28.4 Å². The monoisotopic (exact) mass is 542 g/mol. The highest BCUT2D eigenvalue weighted by molar-refractivity contribution is 9.10. The second-order valence-electron chi connectivity index (χ2n) is 7.65. The van der Waals surface area contributed by atoms with Gasteiger partial charge in [-0.25, -0.2) is 9.59 Å². The molecular weight excluding hydrogens is 520 g/mol. The fourth-order valence-corrected chi connectivity index (χ4v) is 4.61. The Balaban J connectivity index is 2.08. The van der Waals surface area contributed by atoms with Crippen molar-refractivity contribution in [1.82, 2.24) is 0 Å². The molecule has 0 bridgehead atoms. The van der Waals surface area contributed by atoms with Gasteiger partial charge >= 0.3 is 11.9 Å². The first-order valence-electron chi connectivity index (χ1n) is 10.8. The molecule has 9 nitrogen and oxygen atoms in total. The summed E-state index contributed by atoms with van der Waals surface area (Å²) in [5.41, 5.74) is 5.03. The Morgan fingerprint density at radius 2 is 1.77 bits per heavy atom. The molecule has 0 saturated heterocycles. The standard InChI is InChI=1S/C25H23BrN2O7/c1-3-33-23(30)19-21(27)35-20(14-7-5-4-6-8-14)18(22(29)34-12-11-32-2)25(19)16-13-15(26)9-10-17(16)28-24(25)31/h4-10,13H,3,11-12,27H2,1-2H3,(H,28,31). The predicted molar refractivity (Wildman–Crippen MR) is 130 cm³/mol. The number of ether oxygens (including phenoxy) is 4. The molecule has 2 aliphatic heterocycles. The van der Waals surface area contributed by atoms with Crippen molar-refractivity contribution >= 4 is 45.2 Å². The van der Waals surface area contributed by atoms with Gasteiger partial charge in [-0.2, -0.15) is 0 Å². The minimum atomic E-state index is -1.98. The third-order valence-electron chi connectivity index (χ3n) is 5.65. The number of hydrogen-bond donors (Lipinski definition) is 2. The van der Waals surface area contributed by atoms with Crippen LogP contribution in [0.5, 0.6) is 0 Å². The second-order valence-corrected chi connectivity index (χ2v) is 8.57. The van der Waals surface area contributed by atoms with Crippen molar-refractivity contribution < 1.29 is 33.3 Å². The molecule has 182 valence electrons. The lowest BCUT2D eigenvalue weighted by molar-refractivity contribution is -0.143. The Hall–Kier alpha value is -3.63. The van der Waals surface area contributed by atoms with Crippen LogP contribution in [0.1, 0.15) is 18.1 Å². The van der Waals surface area contributed by atoms with Crippen LogP contribution in [0, 0.1) is 0 Å². The number of anilines is 1. The first-order chi connectivity index (χ1) is 16.9. The number of halogens is 1. The Morgan fingerprint density at radius 3 is 2.46 bits per heavy atom. The maximum Gasteiger partial charge on any atom is 0.341 e. The van der Waals surface area contributed by atoms with Crippen LogP contribution in [-0.2, 0) is 38.7 Å². The average Bonchev–Trinajstić information content (AvgIpc) is 3.11. The largest absolute Gasteiger partial charge is 0.462 e. The maximum atomic E-state index is 13.9. The molecule has 1 spiro atoms. The molecule has 1 atom stereocenters. The molecule has 0 radical (unpaired) electrons. The van der Waals surface area contributed by atoms with Crippen LogP contribution in [0.2, 0.25) is 0 Å². The molecule has 0 aromatic heterocycles. The quantitative estimate of drug-likeness (QED) is 0.403. The Labute approximate surface area is 210 Å². The minimum absolute atomic E-state index is 0.00143. The van der Waals surface area contributed by atoms with Crippen LogP contribution in [0.4, 0.5) is 5.69 Å². The Kier molecular flexibility index (Phi) is 6.95. The number of nitrogens with two attached hydrogens (primary N) is 1. The Bertz CT molecular complexity index is 1260. The summed E-state index contributed by atoms with van der Waals surface area (Å²) >= 11 is 3.42. The summed E-state index contributed by atoms with van der Waals surface area (Å²) in [6, 6.07) is 13.7. The van der Waals surface area contributed by atoms with Crippen molar-refractivity contribution in [2.24, 2.45) is 5.73 Å².